The lowest BCUT2D eigenvalue weighted by molar-refractivity contribution is 0.0697. The number of hydrogen-bond acceptors (Lipinski definition) is 3. The largest absolute Gasteiger partial charge is 0.478 e. The minimum absolute atomic E-state index is 0.0625. The van der Waals surface area contributed by atoms with Crippen molar-refractivity contribution in [3.63, 3.8) is 0 Å². The van der Waals surface area contributed by atoms with Crippen LogP contribution in [0.3, 0.4) is 0 Å². The number of nitrogens with zero attached hydrogens (tertiary/aromatic N) is 1. The van der Waals surface area contributed by atoms with Crippen molar-refractivity contribution in [3.05, 3.63) is 53.6 Å². The van der Waals surface area contributed by atoms with Gasteiger partial charge in [0, 0.05) is 6.07 Å². The van der Waals surface area contributed by atoms with Crippen molar-refractivity contribution in [1.82, 2.24) is 9.97 Å². The van der Waals surface area contributed by atoms with Gasteiger partial charge in [0.05, 0.1) is 22.3 Å². The molecule has 0 aliphatic carbocycles. The lowest BCUT2D eigenvalue weighted by Gasteiger charge is -2.03. The average molecular weight is 289 g/mol. The maximum atomic E-state index is 13.5. The number of carboxylic acid groups (broad SMARTS) is 1. The molecule has 3 rings (SSSR count). The second-order valence-electron chi connectivity index (χ2n) is 4.37. The summed E-state index contributed by atoms with van der Waals surface area (Å²) in [4.78, 5) is 17.8. The first-order valence-electron chi connectivity index (χ1n) is 5.98. The van der Waals surface area contributed by atoms with Gasteiger partial charge >= 0.3 is 5.97 Å². The van der Waals surface area contributed by atoms with Crippen molar-refractivity contribution in [2.24, 2.45) is 0 Å². The van der Waals surface area contributed by atoms with E-state index in [-0.39, 0.29) is 17.2 Å². The Hall–Kier alpha value is -2.96. The first-order valence-corrected chi connectivity index (χ1v) is 5.98. The molecule has 0 atom stereocenters. The number of H-pyrrole nitrogens is 1. The molecule has 21 heavy (non-hydrogen) atoms. The number of carboxylic acids is 1. The smallest absolute Gasteiger partial charge is 0.335 e. The van der Waals surface area contributed by atoms with Gasteiger partial charge in [0.25, 0.3) is 0 Å². The molecule has 0 saturated carbocycles. The number of imidazole rings is 1. The molecular weight excluding hydrogens is 280 g/mol. The van der Waals surface area contributed by atoms with Crippen LogP contribution in [0.4, 0.5) is 20.4 Å². The van der Waals surface area contributed by atoms with Crippen LogP contribution >= 0.6 is 0 Å². The van der Waals surface area contributed by atoms with Gasteiger partial charge in [-0.25, -0.2) is 18.6 Å². The van der Waals surface area contributed by atoms with E-state index in [1.807, 2.05) is 0 Å². The molecule has 0 bridgehead atoms. The summed E-state index contributed by atoms with van der Waals surface area (Å²) >= 11 is 0. The molecule has 0 aliphatic heterocycles. The Kier molecular flexibility index (Phi) is 3.02. The average Bonchev–Trinajstić information content (AvgIpc) is 2.84. The number of anilines is 2. The van der Waals surface area contributed by atoms with E-state index in [9.17, 15) is 13.6 Å². The number of aromatic nitrogens is 2. The molecule has 0 radical (unpaired) electrons. The maximum absolute atomic E-state index is 13.5. The quantitative estimate of drug-likeness (QED) is 0.691. The van der Waals surface area contributed by atoms with Crippen LogP contribution in [0.2, 0.25) is 0 Å². The Morgan fingerprint density at radius 3 is 2.76 bits per heavy atom. The van der Waals surface area contributed by atoms with Crippen LogP contribution in [0, 0.1) is 11.6 Å². The second-order valence-corrected chi connectivity index (χ2v) is 4.37. The fourth-order valence-corrected chi connectivity index (χ4v) is 1.92. The van der Waals surface area contributed by atoms with E-state index in [2.05, 4.69) is 15.3 Å². The molecule has 0 saturated heterocycles. The summed E-state index contributed by atoms with van der Waals surface area (Å²) in [7, 11) is 0. The molecule has 106 valence electrons. The number of rotatable bonds is 3. The first kappa shape index (κ1) is 13.0. The molecule has 0 unspecified atom stereocenters. The molecule has 5 nitrogen and oxygen atoms in total. The summed E-state index contributed by atoms with van der Waals surface area (Å²) in [6.07, 6.45) is 0. The molecule has 2 aromatic carbocycles. The zero-order valence-electron chi connectivity index (χ0n) is 10.5. The van der Waals surface area contributed by atoms with Gasteiger partial charge in [-0.1, -0.05) is 0 Å². The Balaban J connectivity index is 1.97. The predicted molar refractivity (Wildman–Crippen MR) is 72.7 cm³/mol. The third-order valence-corrected chi connectivity index (χ3v) is 2.91. The fourth-order valence-electron chi connectivity index (χ4n) is 1.92. The highest BCUT2D eigenvalue weighted by molar-refractivity contribution is 5.92. The molecule has 0 aliphatic rings. The Labute approximate surface area is 117 Å². The lowest BCUT2D eigenvalue weighted by atomic mass is 10.2. The molecule has 3 N–H and O–H groups in total. The Bertz CT molecular complexity index is 845. The first-order chi connectivity index (χ1) is 10.0. The zero-order chi connectivity index (χ0) is 15.0. The number of halogens is 2. The van der Waals surface area contributed by atoms with Gasteiger partial charge in [0.15, 0.2) is 0 Å². The minimum Gasteiger partial charge on any atom is -0.478 e. The molecule has 0 spiro atoms. The van der Waals surface area contributed by atoms with Crippen molar-refractivity contribution in [2.45, 2.75) is 0 Å². The SMILES string of the molecule is O=C(O)c1ccc2nc(Nc3cc(F)ccc3F)[nH]c2c1. The Morgan fingerprint density at radius 2 is 2.00 bits per heavy atom. The predicted octanol–water partition coefficient (Wildman–Crippen LogP) is 3.28. The lowest BCUT2D eigenvalue weighted by Crippen LogP contribution is -1.96. The van der Waals surface area contributed by atoms with Crippen LogP contribution in [-0.4, -0.2) is 21.0 Å². The standard InChI is InChI=1S/C14H9F2N3O2/c15-8-2-3-9(16)11(6-8)18-14-17-10-4-1-7(13(20)21)5-12(10)19-14/h1-6H,(H,20,21)(H2,17,18,19). The van der Waals surface area contributed by atoms with Crippen LogP contribution in [0.5, 0.6) is 0 Å². The third-order valence-electron chi connectivity index (χ3n) is 2.91. The molecule has 3 aromatic rings. The van der Waals surface area contributed by atoms with Gasteiger partial charge in [0.1, 0.15) is 11.6 Å². The van der Waals surface area contributed by atoms with E-state index < -0.39 is 17.6 Å². The molecule has 1 heterocycles. The number of aromatic carboxylic acids is 1. The monoisotopic (exact) mass is 289 g/mol. The maximum Gasteiger partial charge on any atom is 0.335 e. The van der Waals surface area contributed by atoms with E-state index in [4.69, 9.17) is 5.11 Å². The van der Waals surface area contributed by atoms with E-state index in [0.29, 0.717) is 11.0 Å². The molecule has 0 fully saturated rings. The van der Waals surface area contributed by atoms with Gasteiger partial charge < -0.3 is 15.4 Å². The van der Waals surface area contributed by atoms with Crippen LogP contribution in [0.1, 0.15) is 10.4 Å². The van der Waals surface area contributed by atoms with E-state index >= 15 is 0 Å². The fraction of sp³-hybridized carbons (Fsp3) is 0. The summed E-state index contributed by atoms with van der Waals surface area (Å²) in [5.41, 5.74) is 1.04. The number of nitrogens with one attached hydrogen (secondary N) is 2. The highest BCUT2D eigenvalue weighted by Crippen LogP contribution is 2.22. The summed E-state index contributed by atoms with van der Waals surface area (Å²) < 4.78 is 26.6. The van der Waals surface area contributed by atoms with Crippen molar-refractivity contribution in [3.8, 4) is 0 Å². The minimum atomic E-state index is -1.06. The van der Waals surface area contributed by atoms with Crippen molar-refractivity contribution >= 4 is 28.6 Å². The van der Waals surface area contributed by atoms with Crippen molar-refractivity contribution < 1.29 is 18.7 Å². The van der Waals surface area contributed by atoms with Gasteiger partial charge in [-0.05, 0) is 30.3 Å². The van der Waals surface area contributed by atoms with Gasteiger partial charge in [-0.15, -0.1) is 0 Å². The van der Waals surface area contributed by atoms with Crippen LogP contribution in [0.25, 0.3) is 11.0 Å². The summed E-state index contributed by atoms with van der Waals surface area (Å²) in [6.45, 7) is 0. The normalized spacial score (nSPS) is 10.8. The van der Waals surface area contributed by atoms with Gasteiger partial charge in [-0.2, -0.15) is 0 Å². The molecular formula is C14H9F2N3O2. The highest BCUT2D eigenvalue weighted by atomic mass is 19.1. The van der Waals surface area contributed by atoms with Crippen molar-refractivity contribution in [1.29, 1.82) is 0 Å². The molecule has 7 heteroatoms. The number of benzene rings is 2. The zero-order valence-corrected chi connectivity index (χ0v) is 10.5. The summed E-state index contributed by atoms with van der Waals surface area (Å²) in [6, 6.07) is 7.38. The molecule has 0 amide bonds. The number of hydrogen-bond donors (Lipinski definition) is 3. The van der Waals surface area contributed by atoms with E-state index in [0.717, 1.165) is 18.2 Å². The topological polar surface area (TPSA) is 78.0 Å². The second kappa shape index (κ2) is 4.86. The highest BCUT2D eigenvalue weighted by Gasteiger charge is 2.09. The van der Waals surface area contributed by atoms with Crippen molar-refractivity contribution in [2.75, 3.05) is 5.32 Å². The molecule has 1 aromatic heterocycles. The summed E-state index contributed by atoms with van der Waals surface area (Å²) in [5.74, 6) is -2.07. The van der Waals surface area contributed by atoms with Crippen LogP contribution in [0.15, 0.2) is 36.4 Å². The van der Waals surface area contributed by atoms with E-state index in [1.54, 1.807) is 0 Å². The third kappa shape index (κ3) is 2.53. The van der Waals surface area contributed by atoms with Gasteiger partial charge in [-0.3, -0.25) is 0 Å². The summed E-state index contributed by atoms with van der Waals surface area (Å²) in [5, 5.41) is 11.5. The Morgan fingerprint density at radius 1 is 1.19 bits per heavy atom. The van der Waals surface area contributed by atoms with Crippen LogP contribution < -0.4 is 5.32 Å². The number of fused-ring (bicyclic) bond motifs is 1. The van der Waals surface area contributed by atoms with Gasteiger partial charge in [0.2, 0.25) is 5.95 Å². The van der Waals surface area contributed by atoms with E-state index in [1.165, 1.54) is 18.2 Å². The number of carbonyl (C=O) groups is 1. The number of aromatic amines is 1. The van der Waals surface area contributed by atoms with Crippen LogP contribution in [-0.2, 0) is 0 Å².